The van der Waals surface area contributed by atoms with Crippen molar-refractivity contribution >= 4 is 15.9 Å². The predicted molar refractivity (Wildman–Crippen MR) is 133 cm³/mol. The summed E-state index contributed by atoms with van der Waals surface area (Å²) in [6.45, 7) is 8.86. The Balaban J connectivity index is 1.43. The van der Waals surface area contributed by atoms with E-state index in [0.29, 0.717) is 57.9 Å². The third-order valence-electron chi connectivity index (χ3n) is 5.83. The van der Waals surface area contributed by atoms with Crippen LogP contribution in [0.3, 0.4) is 0 Å². The van der Waals surface area contributed by atoms with Gasteiger partial charge in [-0.2, -0.15) is 4.31 Å². The van der Waals surface area contributed by atoms with Crippen LogP contribution in [-0.4, -0.2) is 51.5 Å². The molecule has 0 spiro atoms. The molecule has 2 aromatic rings. The summed E-state index contributed by atoms with van der Waals surface area (Å²) in [5.41, 5.74) is 2.86. The number of carbonyl (C=O) groups is 1. The van der Waals surface area contributed by atoms with Crippen LogP contribution >= 0.6 is 0 Å². The summed E-state index contributed by atoms with van der Waals surface area (Å²) in [6, 6.07) is 15.4. The largest absolute Gasteiger partial charge is 0.494 e. The van der Waals surface area contributed by atoms with Crippen molar-refractivity contribution in [2.45, 2.75) is 51.3 Å². The highest BCUT2D eigenvalue weighted by Gasteiger charge is 2.25. The van der Waals surface area contributed by atoms with Crippen LogP contribution in [-0.2, 0) is 37.3 Å². The van der Waals surface area contributed by atoms with Gasteiger partial charge in [0.2, 0.25) is 15.9 Å². The van der Waals surface area contributed by atoms with Crippen LogP contribution in [0.5, 0.6) is 5.75 Å². The van der Waals surface area contributed by atoms with E-state index < -0.39 is 10.0 Å². The highest BCUT2D eigenvalue weighted by molar-refractivity contribution is 7.88. The maximum atomic E-state index is 12.8. The number of nitrogens with one attached hydrogen (secondary N) is 1. The zero-order valence-electron chi connectivity index (χ0n) is 20.4. The van der Waals surface area contributed by atoms with Gasteiger partial charge in [0, 0.05) is 26.1 Å². The second-order valence-electron chi connectivity index (χ2n) is 9.54. The van der Waals surface area contributed by atoms with E-state index in [2.05, 4.69) is 38.2 Å². The van der Waals surface area contributed by atoms with Gasteiger partial charge < -0.3 is 14.8 Å². The minimum absolute atomic E-state index is 0.0825. The first-order valence-corrected chi connectivity index (χ1v) is 13.4. The third-order valence-corrected chi connectivity index (χ3v) is 7.66. The predicted octanol–water partition coefficient (Wildman–Crippen LogP) is 3.62. The lowest BCUT2D eigenvalue weighted by molar-refractivity contribution is -0.121. The SMILES string of the molecule is CC(C)(C)c1ccc(OCCCC(=O)NCc2ccccc2CS(=O)(=O)N2CCOCC2)cc1. The Morgan fingerprint density at radius 1 is 1.03 bits per heavy atom. The van der Waals surface area contributed by atoms with Crippen LogP contribution < -0.4 is 10.1 Å². The van der Waals surface area contributed by atoms with E-state index in [0.717, 1.165) is 11.3 Å². The van der Waals surface area contributed by atoms with Gasteiger partial charge in [0.15, 0.2) is 0 Å². The number of amides is 1. The number of carbonyl (C=O) groups excluding carboxylic acids is 1. The lowest BCUT2D eigenvalue weighted by Gasteiger charge is -2.26. The molecule has 0 saturated carbocycles. The number of morpholine rings is 1. The summed E-state index contributed by atoms with van der Waals surface area (Å²) in [4.78, 5) is 12.3. The topological polar surface area (TPSA) is 84.9 Å². The number of hydrogen-bond acceptors (Lipinski definition) is 5. The van der Waals surface area contributed by atoms with E-state index in [-0.39, 0.29) is 17.1 Å². The van der Waals surface area contributed by atoms with Gasteiger partial charge in [-0.1, -0.05) is 57.2 Å². The van der Waals surface area contributed by atoms with Crippen LogP contribution in [0.15, 0.2) is 48.5 Å². The Kier molecular flexibility index (Phi) is 9.10. The highest BCUT2D eigenvalue weighted by atomic mass is 32.2. The molecule has 8 heteroatoms. The number of benzene rings is 2. The Morgan fingerprint density at radius 2 is 1.68 bits per heavy atom. The van der Waals surface area contributed by atoms with Crippen molar-refractivity contribution in [2.24, 2.45) is 0 Å². The maximum Gasteiger partial charge on any atom is 0.220 e. The second-order valence-corrected chi connectivity index (χ2v) is 11.5. The average molecular weight is 489 g/mol. The Hall–Kier alpha value is -2.42. The first-order valence-electron chi connectivity index (χ1n) is 11.8. The van der Waals surface area contributed by atoms with Crippen molar-refractivity contribution in [1.82, 2.24) is 9.62 Å². The molecule has 1 saturated heterocycles. The lowest BCUT2D eigenvalue weighted by atomic mass is 9.87. The summed E-state index contributed by atoms with van der Waals surface area (Å²) < 4.78 is 38.0. The smallest absolute Gasteiger partial charge is 0.220 e. The molecule has 0 bridgehead atoms. The van der Waals surface area contributed by atoms with Crippen molar-refractivity contribution in [2.75, 3.05) is 32.9 Å². The lowest BCUT2D eigenvalue weighted by Crippen LogP contribution is -2.41. The molecule has 186 valence electrons. The van der Waals surface area contributed by atoms with Gasteiger partial charge in [-0.15, -0.1) is 0 Å². The van der Waals surface area contributed by atoms with Gasteiger partial charge in [0.25, 0.3) is 0 Å². The van der Waals surface area contributed by atoms with Gasteiger partial charge in [0.1, 0.15) is 5.75 Å². The Bertz CT molecular complexity index is 1040. The van der Waals surface area contributed by atoms with Gasteiger partial charge in [0.05, 0.1) is 25.6 Å². The van der Waals surface area contributed by atoms with Gasteiger partial charge >= 0.3 is 0 Å². The van der Waals surface area contributed by atoms with E-state index >= 15 is 0 Å². The molecule has 1 heterocycles. The number of ether oxygens (including phenoxy) is 2. The molecule has 3 rings (SSSR count). The van der Waals surface area contributed by atoms with Gasteiger partial charge in [-0.3, -0.25) is 4.79 Å². The van der Waals surface area contributed by atoms with Crippen molar-refractivity contribution in [1.29, 1.82) is 0 Å². The molecule has 1 amide bonds. The number of nitrogens with zero attached hydrogens (tertiary/aromatic N) is 1. The zero-order chi connectivity index (χ0) is 24.6. The standard InChI is InChI=1S/C26H36N2O5S/c1-26(2,3)23-10-12-24(13-11-23)33-16-6-9-25(29)27-19-21-7-4-5-8-22(21)20-34(30,31)28-14-17-32-18-15-28/h4-5,7-8,10-13H,6,9,14-20H2,1-3H3,(H,27,29). The van der Waals surface area contributed by atoms with Crippen LogP contribution in [0.2, 0.25) is 0 Å². The van der Waals surface area contributed by atoms with Crippen molar-refractivity contribution < 1.29 is 22.7 Å². The maximum absolute atomic E-state index is 12.8. The monoisotopic (exact) mass is 488 g/mol. The van der Waals surface area contributed by atoms with Crippen LogP contribution in [0.4, 0.5) is 0 Å². The van der Waals surface area contributed by atoms with Crippen molar-refractivity contribution in [3.8, 4) is 5.75 Å². The molecule has 1 aliphatic heterocycles. The highest BCUT2D eigenvalue weighted by Crippen LogP contribution is 2.24. The minimum atomic E-state index is -3.43. The van der Waals surface area contributed by atoms with Gasteiger partial charge in [-0.05, 0) is 40.7 Å². The molecule has 7 nitrogen and oxygen atoms in total. The average Bonchev–Trinajstić information content (AvgIpc) is 2.81. The van der Waals surface area contributed by atoms with E-state index in [1.807, 2.05) is 30.3 Å². The molecule has 0 atom stereocenters. The van der Waals surface area contributed by atoms with Crippen LogP contribution in [0.1, 0.15) is 50.3 Å². The fourth-order valence-corrected chi connectivity index (χ4v) is 5.30. The summed E-state index contributed by atoms with van der Waals surface area (Å²) >= 11 is 0. The molecule has 2 aromatic carbocycles. The molecule has 0 unspecified atom stereocenters. The summed E-state index contributed by atoms with van der Waals surface area (Å²) in [6.07, 6.45) is 0.939. The quantitative estimate of drug-likeness (QED) is 0.517. The van der Waals surface area contributed by atoms with E-state index in [4.69, 9.17) is 9.47 Å². The summed E-state index contributed by atoms with van der Waals surface area (Å²) in [5.74, 6) is 0.627. The molecular weight excluding hydrogens is 452 g/mol. The normalized spacial score (nSPS) is 15.1. The fraction of sp³-hybridized carbons (Fsp3) is 0.500. The summed E-state index contributed by atoms with van der Waals surface area (Å²) in [5, 5.41) is 2.90. The first-order chi connectivity index (χ1) is 16.1. The molecule has 0 radical (unpaired) electrons. The third kappa shape index (κ3) is 7.82. The van der Waals surface area contributed by atoms with Crippen molar-refractivity contribution in [3.05, 3.63) is 65.2 Å². The van der Waals surface area contributed by atoms with Gasteiger partial charge in [-0.25, -0.2) is 8.42 Å². The molecule has 1 aliphatic rings. The number of hydrogen-bond donors (Lipinski definition) is 1. The summed E-state index contributed by atoms with van der Waals surface area (Å²) in [7, 11) is -3.43. The van der Waals surface area contributed by atoms with Crippen LogP contribution in [0, 0.1) is 0 Å². The van der Waals surface area contributed by atoms with E-state index in [9.17, 15) is 13.2 Å². The molecule has 0 aliphatic carbocycles. The number of sulfonamides is 1. The molecule has 1 N–H and O–H groups in total. The molecule has 1 fully saturated rings. The number of rotatable bonds is 10. The first kappa shape index (κ1) is 26.2. The molecular formula is C26H36N2O5S. The van der Waals surface area contributed by atoms with E-state index in [1.165, 1.54) is 9.87 Å². The van der Waals surface area contributed by atoms with Crippen LogP contribution in [0.25, 0.3) is 0 Å². The zero-order valence-corrected chi connectivity index (χ0v) is 21.2. The Labute approximate surface area is 203 Å². The molecule has 34 heavy (non-hydrogen) atoms. The Morgan fingerprint density at radius 3 is 2.32 bits per heavy atom. The second kappa shape index (κ2) is 11.8. The van der Waals surface area contributed by atoms with E-state index in [1.54, 1.807) is 6.07 Å². The molecule has 0 aromatic heterocycles. The van der Waals surface area contributed by atoms with Crippen molar-refractivity contribution in [3.63, 3.8) is 0 Å². The fourth-order valence-electron chi connectivity index (χ4n) is 3.74. The minimum Gasteiger partial charge on any atom is -0.494 e.